The molecule has 142 valence electrons. The Bertz CT molecular complexity index is 817. The minimum Gasteiger partial charge on any atom is -0.454 e. The zero-order valence-electron chi connectivity index (χ0n) is 15.3. The molecule has 0 bridgehead atoms. The topological polar surface area (TPSA) is 72.5 Å². The van der Waals surface area contributed by atoms with Crippen molar-refractivity contribution in [3.05, 3.63) is 65.5 Å². The average Bonchev–Trinajstić information content (AvgIpc) is 2.63. The van der Waals surface area contributed by atoms with E-state index in [-0.39, 0.29) is 23.7 Å². The number of esters is 1. The van der Waals surface area contributed by atoms with Gasteiger partial charge in [-0.3, -0.25) is 14.4 Å². The van der Waals surface area contributed by atoms with Crippen molar-refractivity contribution in [1.29, 1.82) is 0 Å². The number of amides is 1. The number of hydrogen-bond donors (Lipinski definition) is 1. The molecule has 27 heavy (non-hydrogen) atoms. The number of halogens is 1. The molecule has 0 aliphatic rings. The largest absolute Gasteiger partial charge is 0.454 e. The van der Waals surface area contributed by atoms with Crippen molar-refractivity contribution in [2.75, 3.05) is 5.32 Å². The molecule has 0 fully saturated rings. The first kappa shape index (κ1) is 20.3. The summed E-state index contributed by atoms with van der Waals surface area (Å²) in [4.78, 5) is 35.9. The second kappa shape index (κ2) is 9.62. The van der Waals surface area contributed by atoms with Crippen LogP contribution in [0.1, 0.15) is 42.6 Å². The molecule has 0 radical (unpaired) electrons. The van der Waals surface area contributed by atoms with Gasteiger partial charge in [0, 0.05) is 17.7 Å². The molecule has 1 amide bonds. The molecule has 5 nitrogen and oxygen atoms in total. The highest BCUT2D eigenvalue weighted by Gasteiger charge is 2.20. The third-order valence-electron chi connectivity index (χ3n) is 3.90. The Morgan fingerprint density at radius 2 is 1.74 bits per heavy atom. The fraction of sp³-hybridized carbons (Fsp3) is 0.286. The fourth-order valence-corrected chi connectivity index (χ4v) is 2.49. The van der Waals surface area contributed by atoms with Crippen LogP contribution in [0.2, 0.25) is 0 Å². The van der Waals surface area contributed by atoms with Crippen LogP contribution in [0.15, 0.2) is 48.5 Å². The smallest absolute Gasteiger partial charge is 0.311 e. The molecule has 0 saturated heterocycles. The number of Topliss-reactive ketones (excluding diaryl/α,β-unsaturated/α-hetero) is 1. The van der Waals surface area contributed by atoms with E-state index in [1.165, 1.54) is 25.1 Å². The molecule has 2 aromatic carbocycles. The van der Waals surface area contributed by atoms with Gasteiger partial charge >= 0.3 is 5.97 Å². The van der Waals surface area contributed by atoms with Gasteiger partial charge in [-0.2, -0.15) is 0 Å². The first-order valence-electron chi connectivity index (χ1n) is 8.77. The molecule has 0 aromatic heterocycles. The molecular formula is C21H22FNO4. The van der Waals surface area contributed by atoms with Gasteiger partial charge in [0.2, 0.25) is 11.7 Å². The average molecular weight is 371 g/mol. The summed E-state index contributed by atoms with van der Waals surface area (Å²) in [6, 6.07) is 12.3. The predicted octanol–water partition coefficient (Wildman–Crippen LogP) is 3.92. The number of rotatable bonds is 8. The number of carbonyl (C=O) groups is 3. The SMILES string of the molecule is CCCC(=O)Nc1ccc(C(=O)C(C)OC(=O)Cc2ccccc2F)cc1. The van der Waals surface area contributed by atoms with Gasteiger partial charge in [-0.1, -0.05) is 25.1 Å². The summed E-state index contributed by atoms with van der Waals surface area (Å²) in [6.45, 7) is 3.38. The van der Waals surface area contributed by atoms with Gasteiger partial charge in [0.15, 0.2) is 6.10 Å². The molecule has 1 unspecified atom stereocenters. The van der Waals surface area contributed by atoms with Crippen LogP contribution in [-0.2, 0) is 20.7 Å². The van der Waals surface area contributed by atoms with E-state index in [1.807, 2.05) is 6.92 Å². The second-order valence-corrected chi connectivity index (χ2v) is 6.14. The van der Waals surface area contributed by atoms with E-state index in [4.69, 9.17) is 4.74 Å². The first-order valence-corrected chi connectivity index (χ1v) is 8.77. The molecule has 6 heteroatoms. The van der Waals surface area contributed by atoms with E-state index in [0.717, 1.165) is 6.42 Å². The van der Waals surface area contributed by atoms with Gasteiger partial charge in [0.1, 0.15) is 5.82 Å². The summed E-state index contributed by atoms with van der Waals surface area (Å²) >= 11 is 0. The summed E-state index contributed by atoms with van der Waals surface area (Å²) in [5.41, 5.74) is 1.17. The van der Waals surface area contributed by atoms with E-state index in [2.05, 4.69) is 5.32 Å². The van der Waals surface area contributed by atoms with Crippen molar-refractivity contribution < 1.29 is 23.5 Å². The molecule has 2 rings (SSSR count). The van der Waals surface area contributed by atoms with Crippen LogP contribution in [0.3, 0.4) is 0 Å². The number of benzene rings is 2. The lowest BCUT2D eigenvalue weighted by molar-refractivity contribution is -0.145. The molecule has 0 spiro atoms. The Kier molecular flexibility index (Phi) is 7.23. The Balaban J connectivity index is 1.93. The van der Waals surface area contributed by atoms with Crippen molar-refractivity contribution in [3.63, 3.8) is 0 Å². The summed E-state index contributed by atoms with van der Waals surface area (Å²) in [6.07, 6.45) is -0.0645. The number of anilines is 1. The summed E-state index contributed by atoms with van der Waals surface area (Å²) in [5.74, 6) is -1.63. The minimum absolute atomic E-state index is 0.0907. The number of nitrogens with one attached hydrogen (secondary N) is 1. The second-order valence-electron chi connectivity index (χ2n) is 6.14. The molecule has 0 aliphatic carbocycles. The van der Waals surface area contributed by atoms with Crippen LogP contribution < -0.4 is 5.32 Å². The number of ketones is 1. The Morgan fingerprint density at radius 3 is 2.37 bits per heavy atom. The third-order valence-corrected chi connectivity index (χ3v) is 3.90. The van der Waals surface area contributed by atoms with E-state index >= 15 is 0 Å². The van der Waals surface area contributed by atoms with Gasteiger partial charge in [0.05, 0.1) is 6.42 Å². The zero-order valence-corrected chi connectivity index (χ0v) is 15.3. The number of ether oxygens (including phenoxy) is 1. The monoisotopic (exact) mass is 371 g/mol. The van der Waals surface area contributed by atoms with Crippen LogP contribution >= 0.6 is 0 Å². The first-order chi connectivity index (χ1) is 12.9. The lowest BCUT2D eigenvalue weighted by Crippen LogP contribution is -2.25. The van der Waals surface area contributed by atoms with Crippen LogP contribution in [0.5, 0.6) is 0 Å². The summed E-state index contributed by atoms with van der Waals surface area (Å²) in [7, 11) is 0. The molecular weight excluding hydrogens is 349 g/mol. The molecule has 0 heterocycles. The highest BCUT2D eigenvalue weighted by molar-refractivity contribution is 6.00. The molecule has 1 atom stereocenters. The van der Waals surface area contributed by atoms with Crippen molar-refractivity contribution in [1.82, 2.24) is 0 Å². The van der Waals surface area contributed by atoms with Crippen LogP contribution in [0, 0.1) is 5.82 Å². The number of hydrogen-bond acceptors (Lipinski definition) is 4. The highest BCUT2D eigenvalue weighted by Crippen LogP contribution is 2.14. The van der Waals surface area contributed by atoms with Crippen LogP contribution in [0.4, 0.5) is 10.1 Å². The minimum atomic E-state index is -0.996. The third kappa shape index (κ3) is 6.02. The van der Waals surface area contributed by atoms with E-state index in [1.54, 1.807) is 30.3 Å². The summed E-state index contributed by atoms with van der Waals surface area (Å²) < 4.78 is 18.7. The van der Waals surface area contributed by atoms with Gasteiger partial charge in [-0.25, -0.2) is 4.39 Å². The Morgan fingerprint density at radius 1 is 1.07 bits per heavy atom. The van der Waals surface area contributed by atoms with Crippen LogP contribution in [-0.4, -0.2) is 23.8 Å². The van der Waals surface area contributed by atoms with Gasteiger partial charge in [-0.05, 0) is 49.2 Å². The van der Waals surface area contributed by atoms with E-state index in [0.29, 0.717) is 17.7 Å². The van der Waals surface area contributed by atoms with Crippen molar-refractivity contribution in [3.8, 4) is 0 Å². The van der Waals surface area contributed by atoms with E-state index in [9.17, 15) is 18.8 Å². The van der Waals surface area contributed by atoms with E-state index < -0.39 is 17.9 Å². The predicted molar refractivity (Wildman–Crippen MR) is 100.0 cm³/mol. The van der Waals surface area contributed by atoms with Crippen molar-refractivity contribution in [2.45, 2.75) is 39.2 Å². The van der Waals surface area contributed by atoms with Gasteiger partial charge in [-0.15, -0.1) is 0 Å². The van der Waals surface area contributed by atoms with Crippen LogP contribution in [0.25, 0.3) is 0 Å². The maximum absolute atomic E-state index is 13.6. The maximum atomic E-state index is 13.6. The van der Waals surface area contributed by atoms with Gasteiger partial charge < -0.3 is 10.1 Å². The lowest BCUT2D eigenvalue weighted by atomic mass is 10.1. The van der Waals surface area contributed by atoms with Crippen molar-refractivity contribution >= 4 is 23.3 Å². The Labute approximate surface area is 157 Å². The quantitative estimate of drug-likeness (QED) is 0.564. The normalized spacial score (nSPS) is 11.5. The molecule has 1 N–H and O–H groups in total. The highest BCUT2D eigenvalue weighted by atomic mass is 19.1. The van der Waals surface area contributed by atoms with Crippen molar-refractivity contribution in [2.24, 2.45) is 0 Å². The maximum Gasteiger partial charge on any atom is 0.311 e. The summed E-state index contributed by atoms with van der Waals surface area (Å²) in [5, 5.41) is 2.73. The Hall–Kier alpha value is -3.02. The lowest BCUT2D eigenvalue weighted by Gasteiger charge is -2.13. The zero-order chi connectivity index (χ0) is 19.8. The molecule has 0 saturated carbocycles. The molecule has 0 aliphatic heterocycles. The molecule has 2 aromatic rings. The standard InChI is InChI=1S/C21H22FNO4/c1-3-6-19(24)23-17-11-9-15(10-12-17)21(26)14(2)27-20(25)13-16-7-4-5-8-18(16)22/h4-5,7-12,14H,3,6,13H2,1-2H3,(H,23,24). The van der Waals surface area contributed by atoms with Gasteiger partial charge in [0.25, 0.3) is 0 Å². The fourth-order valence-electron chi connectivity index (χ4n) is 2.49. The number of carbonyl (C=O) groups excluding carboxylic acids is 3.